The van der Waals surface area contributed by atoms with Crippen LogP contribution in [-0.4, -0.2) is 31.1 Å². The highest BCUT2D eigenvalue weighted by molar-refractivity contribution is 14.1. The predicted octanol–water partition coefficient (Wildman–Crippen LogP) is 5.95. The second-order valence-corrected chi connectivity index (χ2v) is 10.1. The molecule has 0 unspecified atom stereocenters. The van der Waals surface area contributed by atoms with E-state index in [0.29, 0.717) is 48.3 Å². The van der Waals surface area contributed by atoms with Crippen molar-refractivity contribution >= 4 is 52.2 Å². The zero-order valence-electron chi connectivity index (χ0n) is 22.2. The van der Waals surface area contributed by atoms with Crippen LogP contribution in [0.3, 0.4) is 0 Å². The molecule has 1 fully saturated rings. The molecule has 0 atom stereocenters. The van der Waals surface area contributed by atoms with Crippen molar-refractivity contribution in [2.45, 2.75) is 34.3 Å². The Labute approximate surface area is 241 Å². The van der Waals surface area contributed by atoms with Crippen molar-refractivity contribution in [1.29, 1.82) is 0 Å². The normalized spacial score (nSPS) is 14.4. The van der Waals surface area contributed by atoms with Crippen LogP contribution < -0.4 is 24.4 Å². The number of carbonyl (C=O) groups is 3. The van der Waals surface area contributed by atoms with E-state index in [0.717, 1.165) is 25.2 Å². The first-order valence-corrected chi connectivity index (χ1v) is 13.6. The smallest absolute Gasteiger partial charge is 0.335 e. The first-order valence-electron chi connectivity index (χ1n) is 12.5. The molecule has 3 aromatic rings. The number of barbiturate groups is 1. The average Bonchev–Trinajstić information content (AvgIpc) is 2.87. The van der Waals surface area contributed by atoms with Crippen LogP contribution in [0.4, 0.5) is 10.5 Å². The van der Waals surface area contributed by atoms with Crippen LogP contribution in [0.15, 0.2) is 60.2 Å². The van der Waals surface area contributed by atoms with Gasteiger partial charge in [-0.3, -0.25) is 14.9 Å². The molecule has 0 aromatic heterocycles. The summed E-state index contributed by atoms with van der Waals surface area (Å²) in [4.78, 5) is 39.5. The fraction of sp³-hybridized carbons (Fsp3) is 0.233. The first-order chi connectivity index (χ1) is 18.7. The first kappa shape index (κ1) is 28.2. The number of aryl methyl sites for hydroxylation is 2. The van der Waals surface area contributed by atoms with E-state index in [9.17, 15) is 14.4 Å². The Morgan fingerprint density at radius 2 is 1.54 bits per heavy atom. The van der Waals surface area contributed by atoms with Gasteiger partial charge in [0.25, 0.3) is 11.8 Å². The lowest BCUT2D eigenvalue weighted by molar-refractivity contribution is -0.122. The molecule has 4 amide bonds. The van der Waals surface area contributed by atoms with Crippen LogP contribution in [0.5, 0.6) is 17.2 Å². The van der Waals surface area contributed by atoms with Gasteiger partial charge in [0.05, 0.1) is 22.5 Å². The van der Waals surface area contributed by atoms with Crippen molar-refractivity contribution in [3.8, 4) is 17.2 Å². The molecule has 0 bridgehead atoms. The van der Waals surface area contributed by atoms with Crippen molar-refractivity contribution in [2.24, 2.45) is 0 Å². The number of urea groups is 1. The summed E-state index contributed by atoms with van der Waals surface area (Å²) >= 11 is 2.14. The number of nitrogens with zero attached hydrogens (tertiary/aromatic N) is 1. The van der Waals surface area contributed by atoms with Crippen molar-refractivity contribution in [2.75, 3.05) is 18.1 Å². The molecule has 0 aliphatic carbocycles. The maximum Gasteiger partial charge on any atom is 0.335 e. The van der Waals surface area contributed by atoms with Crippen LogP contribution in [0.1, 0.15) is 36.1 Å². The number of amides is 4. The largest absolute Gasteiger partial charge is 0.494 e. The third-order valence-electron chi connectivity index (χ3n) is 5.81. The minimum absolute atomic E-state index is 0.175. The highest BCUT2D eigenvalue weighted by Crippen LogP contribution is 2.36. The van der Waals surface area contributed by atoms with E-state index in [-0.39, 0.29) is 5.57 Å². The molecule has 0 radical (unpaired) electrons. The summed E-state index contributed by atoms with van der Waals surface area (Å²) in [7, 11) is 0. The zero-order chi connectivity index (χ0) is 28.1. The summed E-state index contributed by atoms with van der Waals surface area (Å²) in [6.07, 6.45) is 1.45. The molecule has 202 valence electrons. The fourth-order valence-corrected chi connectivity index (χ4v) is 5.08. The van der Waals surface area contributed by atoms with Gasteiger partial charge >= 0.3 is 6.03 Å². The molecule has 1 N–H and O–H groups in total. The molecule has 3 aromatic carbocycles. The van der Waals surface area contributed by atoms with Crippen molar-refractivity contribution < 1.29 is 28.6 Å². The average molecular weight is 640 g/mol. The van der Waals surface area contributed by atoms with Crippen LogP contribution in [0.2, 0.25) is 0 Å². The molecule has 4 rings (SSSR count). The third kappa shape index (κ3) is 6.59. The van der Waals surface area contributed by atoms with Gasteiger partial charge in [-0.05, 0) is 104 Å². The summed E-state index contributed by atoms with van der Waals surface area (Å²) in [5.74, 6) is 0.176. The summed E-state index contributed by atoms with van der Waals surface area (Å²) < 4.78 is 18.2. The van der Waals surface area contributed by atoms with Crippen molar-refractivity contribution in [3.63, 3.8) is 0 Å². The molecule has 0 saturated carbocycles. The highest BCUT2D eigenvalue weighted by atomic mass is 127. The van der Waals surface area contributed by atoms with E-state index in [1.165, 1.54) is 6.08 Å². The van der Waals surface area contributed by atoms with E-state index in [1.807, 2.05) is 27.7 Å². The molecule has 39 heavy (non-hydrogen) atoms. The molecule has 8 nitrogen and oxygen atoms in total. The molecular weight excluding hydrogens is 611 g/mol. The Morgan fingerprint density at radius 3 is 2.18 bits per heavy atom. The van der Waals surface area contributed by atoms with Gasteiger partial charge in [0.2, 0.25) is 0 Å². The lowest BCUT2D eigenvalue weighted by Crippen LogP contribution is -2.54. The van der Waals surface area contributed by atoms with E-state index >= 15 is 0 Å². The number of carbonyl (C=O) groups excluding carboxylic acids is 3. The Bertz CT molecular complexity index is 1430. The van der Waals surface area contributed by atoms with Crippen LogP contribution in [0.25, 0.3) is 6.08 Å². The Balaban J connectivity index is 1.63. The number of anilines is 1. The number of imide groups is 2. The lowest BCUT2D eigenvalue weighted by atomic mass is 10.1. The Kier molecular flexibility index (Phi) is 8.90. The fourth-order valence-electron chi connectivity index (χ4n) is 4.30. The van der Waals surface area contributed by atoms with Gasteiger partial charge in [0.15, 0.2) is 11.5 Å². The molecule has 1 aliphatic heterocycles. The number of halogens is 1. The SMILES string of the molecule is CCOc1ccc(N2C(=O)NC(=O)/C(=C\c3cc(I)c(OCc4cc(C)cc(C)c4)c(OCC)c3)C2=O)cc1. The lowest BCUT2D eigenvalue weighted by Gasteiger charge is -2.26. The van der Waals surface area contributed by atoms with Gasteiger partial charge in [0, 0.05) is 0 Å². The van der Waals surface area contributed by atoms with Crippen LogP contribution in [0, 0.1) is 17.4 Å². The topological polar surface area (TPSA) is 94.2 Å². The molecule has 0 spiro atoms. The Hall–Kier alpha value is -3.86. The minimum Gasteiger partial charge on any atom is -0.494 e. The van der Waals surface area contributed by atoms with Gasteiger partial charge < -0.3 is 14.2 Å². The second-order valence-electron chi connectivity index (χ2n) is 8.93. The molecule has 1 heterocycles. The maximum absolute atomic E-state index is 13.3. The molecular formula is C30H29IN2O6. The van der Waals surface area contributed by atoms with Crippen LogP contribution >= 0.6 is 22.6 Å². The van der Waals surface area contributed by atoms with Crippen molar-refractivity contribution in [1.82, 2.24) is 5.32 Å². The minimum atomic E-state index is -0.814. The van der Waals surface area contributed by atoms with Gasteiger partial charge in [-0.15, -0.1) is 0 Å². The number of hydrogen-bond donors (Lipinski definition) is 1. The zero-order valence-corrected chi connectivity index (χ0v) is 24.3. The predicted molar refractivity (Wildman–Crippen MR) is 157 cm³/mol. The van der Waals surface area contributed by atoms with E-state index in [4.69, 9.17) is 14.2 Å². The summed E-state index contributed by atoms with van der Waals surface area (Å²) in [5, 5.41) is 2.25. The number of rotatable bonds is 9. The number of nitrogens with one attached hydrogen (secondary N) is 1. The summed E-state index contributed by atoms with van der Waals surface area (Å²) in [6, 6.07) is 15.5. The summed E-state index contributed by atoms with van der Waals surface area (Å²) in [5.41, 5.74) is 4.05. The summed E-state index contributed by atoms with van der Waals surface area (Å²) in [6.45, 7) is 9.06. The van der Waals surface area contributed by atoms with E-state index in [1.54, 1.807) is 36.4 Å². The van der Waals surface area contributed by atoms with E-state index < -0.39 is 17.8 Å². The van der Waals surface area contributed by atoms with Crippen LogP contribution in [-0.2, 0) is 16.2 Å². The van der Waals surface area contributed by atoms with Gasteiger partial charge in [-0.25, -0.2) is 9.69 Å². The van der Waals surface area contributed by atoms with E-state index in [2.05, 4.69) is 46.1 Å². The van der Waals surface area contributed by atoms with Gasteiger partial charge in [0.1, 0.15) is 17.9 Å². The maximum atomic E-state index is 13.3. The standard InChI is InChI=1S/C30H29IN2O6/c1-5-37-23-9-7-22(8-10-23)33-29(35)24(28(34)32-30(33)36)14-20-15-25(31)27(26(16-20)38-6-2)39-17-21-12-18(3)11-19(4)13-21/h7-16H,5-6,17H2,1-4H3,(H,32,34,36)/b24-14+. The third-order valence-corrected chi connectivity index (χ3v) is 6.62. The second kappa shape index (κ2) is 12.3. The molecule has 1 saturated heterocycles. The number of ether oxygens (including phenoxy) is 3. The Morgan fingerprint density at radius 1 is 0.872 bits per heavy atom. The molecule has 9 heteroatoms. The quantitative estimate of drug-likeness (QED) is 0.177. The van der Waals surface area contributed by atoms with Gasteiger partial charge in [-0.2, -0.15) is 0 Å². The number of benzene rings is 3. The van der Waals surface area contributed by atoms with Gasteiger partial charge in [-0.1, -0.05) is 29.3 Å². The monoisotopic (exact) mass is 640 g/mol. The van der Waals surface area contributed by atoms with Crippen molar-refractivity contribution in [3.05, 3.63) is 86.0 Å². The highest BCUT2D eigenvalue weighted by Gasteiger charge is 2.37. The number of hydrogen-bond acceptors (Lipinski definition) is 6. The molecule has 1 aliphatic rings.